The van der Waals surface area contributed by atoms with Crippen molar-refractivity contribution >= 4 is 11.9 Å². The third kappa shape index (κ3) is 8.96. The van der Waals surface area contributed by atoms with Crippen molar-refractivity contribution in [1.82, 2.24) is 4.90 Å². The summed E-state index contributed by atoms with van der Waals surface area (Å²) in [4.78, 5) is 24.5. The van der Waals surface area contributed by atoms with Gasteiger partial charge in [0.1, 0.15) is 25.1 Å². The first-order valence-corrected chi connectivity index (χ1v) is 9.91. The van der Waals surface area contributed by atoms with Gasteiger partial charge in [-0.3, -0.25) is 9.59 Å². The third-order valence-corrected chi connectivity index (χ3v) is 4.21. The number of carbonyl (C=O) groups excluding carboxylic acids is 1. The Hall–Kier alpha value is -3.26. The fraction of sp³-hybridized carbons (Fsp3) is 0.391. The molecule has 0 saturated carbocycles. The summed E-state index contributed by atoms with van der Waals surface area (Å²) in [7, 11) is 5.31. The van der Waals surface area contributed by atoms with Crippen LogP contribution in [0.25, 0.3) is 0 Å². The molecule has 0 unspecified atom stereocenters. The van der Waals surface area contributed by atoms with Gasteiger partial charge in [-0.1, -0.05) is 24.3 Å². The monoisotopic (exact) mass is 431 g/mol. The van der Waals surface area contributed by atoms with E-state index in [1.54, 1.807) is 19.2 Å². The number of rotatable bonds is 13. The summed E-state index contributed by atoms with van der Waals surface area (Å²) in [5, 5.41) is 8.73. The predicted molar refractivity (Wildman–Crippen MR) is 115 cm³/mol. The molecule has 0 fully saturated rings. The first kappa shape index (κ1) is 24.0. The van der Waals surface area contributed by atoms with Crippen molar-refractivity contribution in [3.63, 3.8) is 0 Å². The second-order valence-corrected chi connectivity index (χ2v) is 7.17. The number of likely N-dealkylation sites (N-methyl/N-ethyl adjacent to an activating group) is 1. The number of carbonyl (C=O) groups is 2. The van der Waals surface area contributed by atoms with Gasteiger partial charge in [0, 0.05) is 6.54 Å². The maximum atomic E-state index is 11.9. The second kappa shape index (κ2) is 12.4. The number of hydrogen-bond acceptors (Lipinski definition) is 7. The maximum absolute atomic E-state index is 11.9. The molecule has 0 radical (unpaired) electrons. The van der Waals surface area contributed by atoms with Crippen molar-refractivity contribution < 1.29 is 33.6 Å². The van der Waals surface area contributed by atoms with E-state index in [0.717, 1.165) is 11.3 Å². The molecule has 1 N–H and O–H groups in total. The topological polar surface area (TPSA) is 94.5 Å². The van der Waals surface area contributed by atoms with Crippen molar-refractivity contribution in [3.05, 3.63) is 54.1 Å². The molecule has 0 aliphatic heterocycles. The highest BCUT2D eigenvalue weighted by Crippen LogP contribution is 2.28. The lowest BCUT2D eigenvalue weighted by molar-refractivity contribution is -0.153. The fourth-order valence-corrected chi connectivity index (χ4v) is 2.78. The number of aliphatic carboxylic acids is 1. The van der Waals surface area contributed by atoms with Gasteiger partial charge in [-0.05, 0) is 43.9 Å². The van der Waals surface area contributed by atoms with Crippen molar-refractivity contribution in [2.24, 2.45) is 0 Å². The zero-order valence-electron chi connectivity index (χ0n) is 18.1. The van der Waals surface area contributed by atoms with Gasteiger partial charge in [-0.15, -0.1) is 0 Å². The Bertz CT molecular complexity index is 853. The molecule has 31 heavy (non-hydrogen) atoms. The molecular weight excluding hydrogens is 402 g/mol. The van der Waals surface area contributed by atoms with Crippen LogP contribution in [-0.4, -0.2) is 62.4 Å². The SMILES string of the molecule is COc1cccc(COc2ccccc2OC[C@H](CN(C)C)OC(=O)CCC(=O)O)c1. The van der Waals surface area contributed by atoms with Crippen LogP contribution in [-0.2, 0) is 20.9 Å². The molecule has 8 heteroatoms. The lowest BCUT2D eigenvalue weighted by atomic mass is 10.2. The van der Waals surface area contributed by atoms with Gasteiger partial charge in [-0.2, -0.15) is 0 Å². The molecule has 168 valence electrons. The zero-order chi connectivity index (χ0) is 22.6. The number of carboxylic acids is 1. The summed E-state index contributed by atoms with van der Waals surface area (Å²) in [5.74, 6) is 0.226. The fourth-order valence-electron chi connectivity index (χ4n) is 2.78. The van der Waals surface area contributed by atoms with Crippen molar-refractivity contribution in [2.75, 3.05) is 34.4 Å². The van der Waals surface area contributed by atoms with Gasteiger partial charge in [0.15, 0.2) is 11.5 Å². The number of nitrogens with zero attached hydrogens (tertiary/aromatic N) is 1. The van der Waals surface area contributed by atoms with Crippen LogP contribution in [0.5, 0.6) is 17.2 Å². The van der Waals surface area contributed by atoms with Crippen LogP contribution in [0.1, 0.15) is 18.4 Å². The summed E-state index contributed by atoms with van der Waals surface area (Å²) < 4.78 is 22.4. The number of esters is 1. The van der Waals surface area contributed by atoms with E-state index in [0.29, 0.717) is 24.7 Å². The highest BCUT2D eigenvalue weighted by Gasteiger charge is 2.18. The molecule has 0 aromatic heterocycles. The quantitative estimate of drug-likeness (QED) is 0.484. The average molecular weight is 431 g/mol. The van der Waals surface area contributed by atoms with Gasteiger partial charge in [-0.25, -0.2) is 0 Å². The molecule has 2 rings (SSSR count). The largest absolute Gasteiger partial charge is 0.497 e. The minimum atomic E-state index is -1.04. The highest BCUT2D eigenvalue weighted by molar-refractivity contribution is 5.76. The number of para-hydroxylation sites is 2. The van der Waals surface area contributed by atoms with E-state index in [1.165, 1.54) is 0 Å². The Morgan fingerprint density at radius 2 is 1.71 bits per heavy atom. The number of methoxy groups -OCH3 is 1. The van der Waals surface area contributed by atoms with Crippen molar-refractivity contribution in [2.45, 2.75) is 25.6 Å². The molecular formula is C23H29NO7. The Kier molecular flexibility index (Phi) is 9.64. The first-order valence-electron chi connectivity index (χ1n) is 9.91. The first-order chi connectivity index (χ1) is 14.9. The van der Waals surface area contributed by atoms with E-state index >= 15 is 0 Å². The second-order valence-electron chi connectivity index (χ2n) is 7.17. The summed E-state index contributed by atoms with van der Waals surface area (Å²) in [5.41, 5.74) is 0.951. The number of carboxylic acid groups (broad SMARTS) is 1. The van der Waals surface area contributed by atoms with Gasteiger partial charge < -0.3 is 29.0 Å². The lowest BCUT2D eigenvalue weighted by Crippen LogP contribution is -2.35. The molecule has 0 amide bonds. The number of ether oxygens (including phenoxy) is 4. The van der Waals surface area contributed by atoms with E-state index in [4.69, 9.17) is 24.1 Å². The smallest absolute Gasteiger partial charge is 0.306 e. The van der Waals surface area contributed by atoms with Crippen LogP contribution in [0.4, 0.5) is 0 Å². The molecule has 0 spiro atoms. The molecule has 2 aromatic carbocycles. The Labute approximate surface area is 182 Å². The standard InChI is InChI=1S/C23H29NO7/c1-24(2)14-19(31-23(27)12-11-22(25)26)16-30-21-10-5-4-9-20(21)29-15-17-7-6-8-18(13-17)28-3/h4-10,13,19H,11-12,14-16H2,1-3H3,(H,25,26)/t19-/m0/s1. The van der Waals surface area contributed by atoms with Gasteiger partial charge in [0.2, 0.25) is 0 Å². The normalized spacial score (nSPS) is 11.6. The molecule has 0 saturated heterocycles. The predicted octanol–water partition coefficient (Wildman–Crippen LogP) is 2.99. The van der Waals surface area contributed by atoms with E-state index in [2.05, 4.69) is 0 Å². The Balaban J connectivity index is 1.98. The number of benzene rings is 2. The molecule has 1 atom stereocenters. The molecule has 2 aromatic rings. The summed E-state index contributed by atoms with van der Waals surface area (Å²) in [6.07, 6.45) is -1.00. The minimum absolute atomic E-state index is 0.108. The van der Waals surface area contributed by atoms with Crippen molar-refractivity contribution in [1.29, 1.82) is 0 Å². The average Bonchev–Trinajstić information content (AvgIpc) is 2.75. The molecule has 0 heterocycles. The van der Waals surface area contributed by atoms with Crippen molar-refractivity contribution in [3.8, 4) is 17.2 Å². The maximum Gasteiger partial charge on any atom is 0.306 e. The summed E-state index contributed by atoms with van der Waals surface area (Å²) >= 11 is 0. The Morgan fingerprint density at radius 3 is 2.35 bits per heavy atom. The van der Waals surface area contributed by atoms with Crippen LogP contribution in [0.3, 0.4) is 0 Å². The van der Waals surface area contributed by atoms with E-state index in [1.807, 2.05) is 55.4 Å². The van der Waals surface area contributed by atoms with Crippen LogP contribution in [0, 0.1) is 0 Å². The summed E-state index contributed by atoms with van der Waals surface area (Å²) in [6, 6.07) is 14.8. The highest BCUT2D eigenvalue weighted by atomic mass is 16.6. The lowest BCUT2D eigenvalue weighted by Gasteiger charge is -2.22. The van der Waals surface area contributed by atoms with Crippen LogP contribution >= 0.6 is 0 Å². The third-order valence-electron chi connectivity index (χ3n) is 4.21. The van der Waals surface area contributed by atoms with E-state index in [9.17, 15) is 9.59 Å². The van der Waals surface area contributed by atoms with Crippen LogP contribution in [0.15, 0.2) is 48.5 Å². The molecule has 0 aliphatic carbocycles. The minimum Gasteiger partial charge on any atom is -0.497 e. The van der Waals surface area contributed by atoms with E-state index in [-0.39, 0.29) is 19.4 Å². The Morgan fingerprint density at radius 1 is 1.00 bits per heavy atom. The van der Waals surface area contributed by atoms with Gasteiger partial charge >= 0.3 is 11.9 Å². The van der Waals surface area contributed by atoms with Crippen LogP contribution < -0.4 is 14.2 Å². The molecule has 0 bridgehead atoms. The van der Waals surface area contributed by atoms with Gasteiger partial charge in [0.25, 0.3) is 0 Å². The van der Waals surface area contributed by atoms with E-state index < -0.39 is 18.0 Å². The molecule has 8 nitrogen and oxygen atoms in total. The number of hydrogen-bond donors (Lipinski definition) is 1. The zero-order valence-corrected chi connectivity index (χ0v) is 18.1. The summed E-state index contributed by atoms with van der Waals surface area (Å²) in [6.45, 7) is 0.880. The van der Waals surface area contributed by atoms with Gasteiger partial charge in [0.05, 0.1) is 20.0 Å². The molecule has 0 aliphatic rings. The van der Waals surface area contributed by atoms with Crippen LogP contribution in [0.2, 0.25) is 0 Å².